The molecule has 1 aromatic carbocycles. The molecule has 0 radical (unpaired) electrons. The molecule has 0 bridgehead atoms. The van der Waals surface area contributed by atoms with Crippen LogP contribution < -0.4 is 5.73 Å². The van der Waals surface area contributed by atoms with Crippen molar-refractivity contribution in [3.05, 3.63) is 45.9 Å². The van der Waals surface area contributed by atoms with Gasteiger partial charge in [-0.15, -0.1) is 11.3 Å². The Balaban J connectivity index is 2.19. The summed E-state index contributed by atoms with van der Waals surface area (Å²) in [7, 11) is 1.80. The molecule has 0 aliphatic rings. The standard InChI is InChI=1S/C14H17N3OS/c1-9(11-5-4-6-12(15)7-11)17(3)14(18)13-8-16-10(2)19-13/h4-9H,15H2,1-3H3. The van der Waals surface area contributed by atoms with Crippen molar-refractivity contribution in [2.45, 2.75) is 19.9 Å². The number of carbonyl (C=O) groups excluding carboxylic acids is 1. The van der Waals surface area contributed by atoms with Gasteiger partial charge in [-0.1, -0.05) is 12.1 Å². The lowest BCUT2D eigenvalue weighted by Gasteiger charge is -2.25. The van der Waals surface area contributed by atoms with E-state index in [9.17, 15) is 4.79 Å². The topological polar surface area (TPSA) is 59.2 Å². The molecule has 5 heteroatoms. The predicted molar refractivity (Wildman–Crippen MR) is 78.2 cm³/mol. The third-order valence-electron chi connectivity index (χ3n) is 3.13. The van der Waals surface area contributed by atoms with Gasteiger partial charge in [0.2, 0.25) is 0 Å². The summed E-state index contributed by atoms with van der Waals surface area (Å²) >= 11 is 1.41. The molecule has 0 saturated carbocycles. The minimum atomic E-state index is -0.0293. The molecule has 0 aliphatic heterocycles. The number of nitrogens with two attached hydrogens (primary N) is 1. The van der Waals surface area contributed by atoms with Crippen molar-refractivity contribution in [2.24, 2.45) is 0 Å². The van der Waals surface area contributed by atoms with E-state index in [4.69, 9.17) is 5.73 Å². The van der Waals surface area contributed by atoms with Gasteiger partial charge in [-0.05, 0) is 31.5 Å². The lowest BCUT2D eigenvalue weighted by Crippen LogP contribution is -2.29. The highest BCUT2D eigenvalue weighted by atomic mass is 32.1. The summed E-state index contributed by atoms with van der Waals surface area (Å²) in [5, 5.41) is 0.897. The van der Waals surface area contributed by atoms with Gasteiger partial charge >= 0.3 is 0 Å². The Morgan fingerprint density at radius 1 is 1.47 bits per heavy atom. The molecule has 100 valence electrons. The van der Waals surface area contributed by atoms with Gasteiger partial charge in [0.05, 0.1) is 17.2 Å². The number of anilines is 1. The Bertz CT molecular complexity index is 594. The molecule has 0 spiro atoms. The maximum atomic E-state index is 12.3. The average Bonchev–Trinajstić information content (AvgIpc) is 2.83. The van der Waals surface area contributed by atoms with Crippen molar-refractivity contribution in [1.82, 2.24) is 9.88 Å². The van der Waals surface area contributed by atoms with Crippen LogP contribution in [-0.4, -0.2) is 22.8 Å². The van der Waals surface area contributed by atoms with Crippen LogP contribution in [0.2, 0.25) is 0 Å². The van der Waals surface area contributed by atoms with Crippen molar-refractivity contribution in [3.63, 3.8) is 0 Å². The van der Waals surface area contributed by atoms with E-state index in [1.807, 2.05) is 38.1 Å². The fourth-order valence-electron chi connectivity index (χ4n) is 1.85. The summed E-state index contributed by atoms with van der Waals surface area (Å²) in [6.07, 6.45) is 1.63. The molecule has 1 aromatic heterocycles. The summed E-state index contributed by atoms with van der Waals surface area (Å²) in [5.41, 5.74) is 7.51. The SMILES string of the molecule is Cc1ncc(C(=O)N(C)C(C)c2cccc(N)c2)s1. The number of thiazole rings is 1. The number of nitrogens with zero attached hydrogens (tertiary/aromatic N) is 2. The van der Waals surface area contributed by atoms with Crippen LogP contribution in [0.25, 0.3) is 0 Å². The van der Waals surface area contributed by atoms with Crippen LogP contribution in [0.4, 0.5) is 5.69 Å². The monoisotopic (exact) mass is 275 g/mol. The Kier molecular flexibility index (Phi) is 3.85. The lowest BCUT2D eigenvalue weighted by molar-refractivity contribution is 0.0747. The van der Waals surface area contributed by atoms with Crippen LogP contribution in [-0.2, 0) is 0 Å². The highest BCUT2D eigenvalue weighted by Crippen LogP contribution is 2.23. The Morgan fingerprint density at radius 3 is 2.79 bits per heavy atom. The fourth-order valence-corrected chi connectivity index (χ4v) is 2.61. The second-order valence-electron chi connectivity index (χ2n) is 4.51. The molecule has 0 saturated heterocycles. The van der Waals surface area contributed by atoms with Gasteiger partial charge in [0.1, 0.15) is 4.88 Å². The molecule has 4 nitrogen and oxygen atoms in total. The molecule has 2 aromatic rings. The number of carbonyl (C=O) groups is 1. The van der Waals surface area contributed by atoms with E-state index in [1.165, 1.54) is 11.3 Å². The summed E-state index contributed by atoms with van der Waals surface area (Å²) in [4.78, 5) is 18.8. The van der Waals surface area contributed by atoms with Crippen molar-refractivity contribution in [2.75, 3.05) is 12.8 Å². The smallest absolute Gasteiger partial charge is 0.265 e. The van der Waals surface area contributed by atoms with Crippen molar-refractivity contribution in [3.8, 4) is 0 Å². The normalized spacial score (nSPS) is 12.2. The van der Waals surface area contributed by atoms with Crippen molar-refractivity contribution >= 4 is 22.9 Å². The van der Waals surface area contributed by atoms with E-state index in [1.54, 1.807) is 18.1 Å². The second-order valence-corrected chi connectivity index (χ2v) is 5.74. The van der Waals surface area contributed by atoms with E-state index < -0.39 is 0 Å². The maximum absolute atomic E-state index is 12.3. The van der Waals surface area contributed by atoms with Gasteiger partial charge in [0, 0.05) is 12.7 Å². The first-order valence-electron chi connectivity index (χ1n) is 6.04. The molecule has 1 unspecified atom stereocenters. The van der Waals surface area contributed by atoms with Gasteiger partial charge in [0.25, 0.3) is 5.91 Å². The zero-order valence-electron chi connectivity index (χ0n) is 11.3. The number of hydrogen-bond acceptors (Lipinski definition) is 4. The number of aryl methyl sites for hydroxylation is 1. The van der Waals surface area contributed by atoms with Gasteiger partial charge in [0.15, 0.2) is 0 Å². The summed E-state index contributed by atoms with van der Waals surface area (Å²) in [6.45, 7) is 3.88. The third-order valence-corrected chi connectivity index (χ3v) is 4.03. The third kappa shape index (κ3) is 2.93. The molecule has 2 rings (SSSR count). The average molecular weight is 275 g/mol. The zero-order chi connectivity index (χ0) is 14.0. The number of amides is 1. The molecule has 1 heterocycles. The first-order valence-corrected chi connectivity index (χ1v) is 6.85. The lowest BCUT2D eigenvalue weighted by atomic mass is 10.1. The molecule has 19 heavy (non-hydrogen) atoms. The fraction of sp³-hybridized carbons (Fsp3) is 0.286. The van der Waals surface area contributed by atoms with E-state index in [-0.39, 0.29) is 11.9 Å². The molecular formula is C14H17N3OS. The Labute approximate surface area is 116 Å². The van der Waals surface area contributed by atoms with Crippen molar-refractivity contribution < 1.29 is 4.79 Å². The van der Waals surface area contributed by atoms with Crippen LogP contribution in [0, 0.1) is 6.92 Å². The van der Waals surface area contributed by atoms with Gasteiger partial charge in [-0.3, -0.25) is 4.79 Å². The maximum Gasteiger partial charge on any atom is 0.265 e. The van der Waals surface area contributed by atoms with Gasteiger partial charge < -0.3 is 10.6 Å². The Morgan fingerprint density at radius 2 is 2.21 bits per heavy atom. The summed E-state index contributed by atoms with van der Waals surface area (Å²) in [5.74, 6) is -0.0134. The number of aromatic nitrogens is 1. The number of nitrogen functional groups attached to an aromatic ring is 1. The van der Waals surface area contributed by atoms with Crippen LogP contribution >= 0.6 is 11.3 Å². The largest absolute Gasteiger partial charge is 0.399 e. The van der Waals surface area contributed by atoms with E-state index >= 15 is 0 Å². The van der Waals surface area contributed by atoms with Gasteiger partial charge in [-0.25, -0.2) is 4.98 Å². The highest BCUT2D eigenvalue weighted by Gasteiger charge is 2.20. The quantitative estimate of drug-likeness (QED) is 0.876. The van der Waals surface area contributed by atoms with Crippen molar-refractivity contribution in [1.29, 1.82) is 0 Å². The summed E-state index contributed by atoms with van der Waals surface area (Å²) < 4.78 is 0. The van der Waals surface area contributed by atoms with E-state index in [0.29, 0.717) is 10.6 Å². The summed E-state index contributed by atoms with van der Waals surface area (Å²) in [6, 6.07) is 7.58. The first kappa shape index (κ1) is 13.5. The predicted octanol–water partition coefficient (Wildman–Crippen LogP) is 2.87. The first-order chi connectivity index (χ1) is 8.99. The Hall–Kier alpha value is -1.88. The number of rotatable bonds is 3. The van der Waals surface area contributed by atoms with E-state index in [0.717, 1.165) is 10.6 Å². The highest BCUT2D eigenvalue weighted by molar-refractivity contribution is 7.13. The van der Waals surface area contributed by atoms with Crippen LogP contribution in [0.3, 0.4) is 0 Å². The van der Waals surface area contributed by atoms with Crippen LogP contribution in [0.15, 0.2) is 30.5 Å². The second kappa shape index (κ2) is 5.40. The molecule has 0 aliphatic carbocycles. The van der Waals surface area contributed by atoms with Gasteiger partial charge in [-0.2, -0.15) is 0 Å². The molecular weight excluding hydrogens is 258 g/mol. The molecule has 0 fully saturated rings. The molecule has 1 atom stereocenters. The number of hydrogen-bond donors (Lipinski definition) is 1. The van der Waals surface area contributed by atoms with Crippen LogP contribution in [0.5, 0.6) is 0 Å². The molecule has 2 N–H and O–H groups in total. The minimum Gasteiger partial charge on any atom is -0.399 e. The zero-order valence-corrected chi connectivity index (χ0v) is 12.1. The van der Waals surface area contributed by atoms with Crippen LogP contribution in [0.1, 0.15) is 33.2 Å². The molecule has 1 amide bonds. The number of benzene rings is 1. The van der Waals surface area contributed by atoms with E-state index in [2.05, 4.69) is 4.98 Å². The minimum absolute atomic E-state index is 0.0134.